The topological polar surface area (TPSA) is 22.0 Å². The van der Waals surface area contributed by atoms with E-state index in [2.05, 4.69) is 55.7 Å². The molecular weight excluding hydrogens is 282 g/mol. The average molecular weight is 305 g/mol. The zero-order valence-corrected chi connectivity index (χ0v) is 14.5. The third-order valence-electron chi connectivity index (χ3n) is 4.90. The minimum atomic E-state index is 0.153. The summed E-state index contributed by atoms with van der Waals surface area (Å²) in [7, 11) is 0. The number of aromatic nitrogens is 1. The molecule has 3 rings (SSSR count). The fourth-order valence-electron chi connectivity index (χ4n) is 3.04. The third-order valence-corrected chi connectivity index (χ3v) is 4.90. The Balaban J connectivity index is 2.28. The molecule has 2 aromatic carbocycles. The molecule has 0 bridgehead atoms. The van der Waals surface area contributed by atoms with Crippen LogP contribution in [0.15, 0.2) is 41.2 Å². The van der Waals surface area contributed by atoms with E-state index >= 15 is 0 Å². The van der Waals surface area contributed by atoms with Gasteiger partial charge >= 0.3 is 0 Å². The first-order valence-electron chi connectivity index (χ1n) is 8.05. The standard InChI is InChI=1S/C21H23NO/c1-13-6-8-18(9-7-13)12-22-17(5)16(4)21(23)19-10-14(2)15(3)11-20(19)22/h6-11H,12H2,1-5H3. The van der Waals surface area contributed by atoms with Crippen molar-refractivity contribution in [3.8, 4) is 0 Å². The maximum atomic E-state index is 12.6. The summed E-state index contributed by atoms with van der Waals surface area (Å²) in [4.78, 5) is 12.6. The van der Waals surface area contributed by atoms with Crippen LogP contribution in [0.1, 0.15) is 33.5 Å². The quantitative estimate of drug-likeness (QED) is 0.678. The van der Waals surface area contributed by atoms with Gasteiger partial charge in [-0.15, -0.1) is 0 Å². The van der Waals surface area contributed by atoms with Crippen LogP contribution < -0.4 is 5.43 Å². The first-order valence-corrected chi connectivity index (χ1v) is 8.05. The molecular formula is C21H23NO. The van der Waals surface area contributed by atoms with Crippen LogP contribution in [-0.2, 0) is 6.54 Å². The Kier molecular flexibility index (Phi) is 3.85. The van der Waals surface area contributed by atoms with Gasteiger partial charge in [0.2, 0.25) is 0 Å². The molecule has 0 saturated heterocycles. The summed E-state index contributed by atoms with van der Waals surface area (Å²) in [6, 6.07) is 12.8. The highest BCUT2D eigenvalue weighted by Crippen LogP contribution is 2.21. The maximum Gasteiger partial charge on any atom is 0.192 e. The van der Waals surface area contributed by atoms with Crippen LogP contribution in [0.4, 0.5) is 0 Å². The van der Waals surface area contributed by atoms with Gasteiger partial charge in [-0.25, -0.2) is 0 Å². The summed E-state index contributed by atoms with van der Waals surface area (Å²) in [5, 5.41) is 0.823. The van der Waals surface area contributed by atoms with Crippen LogP contribution in [0, 0.1) is 34.6 Å². The van der Waals surface area contributed by atoms with Gasteiger partial charge in [-0.3, -0.25) is 4.79 Å². The number of rotatable bonds is 2. The summed E-state index contributed by atoms with van der Waals surface area (Å²) in [5.74, 6) is 0. The van der Waals surface area contributed by atoms with Crippen molar-refractivity contribution < 1.29 is 0 Å². The maximum absolute atomic E-state index is 12.6. The van der Waals surface area contributed by atoms with Crippen LogP contribution in [-0.4, -0.2) is 4.57 Å². The molecule has 3 aromatic rings. The van der Waals surface area contributed by atoms with Crippen molar-refractivity contribution in [1.82, 2.24) is 4.57 Å². The monoisotopic (exact) mass is 305 g/mol. The number of benzene rings is 2. The van der Waals surface area contributed by atoms with Crippen molar-refractivity contribution in [3.05, 3.63) is 80.1 Å². The van der Waals surface area contributed by atoms with E-state index in [0.717, 1.165) is 28.7 Å². The Morgan fingerprint density at radius 2 is 1.48 bits per heavy atom. The van der Waals surface area contributed by atoms with Gasteiger partial charge in [0.1, 0.15) is 0 Å². The van der Waals surface area contributed by atoms with Crippen molar-refractivity contribution in [2.24, 2.45) is 0 Å². The lowest BCUT2D eigenvalue weighted by atomic mass is 10.0. The van der Waals surface area contributed by atoms with E-state index in [1.54, 1.807) is 0 Å². The largest absolute Gasteiger partial charge is 0.340 e. The molecule has 0 aliphatic heterocycles. The predicted octanol–water partition coefficient (Wildman–Crippen LogP) is 4.59. The van der Waals surface area contributed by atoms with E-state index < -0.39 is 0 Å². The smallest absolute Gasteiger partial charge is 0.192 e. The predicted molar refractivity (Wildman–Crippen MR) is 97.4 cm³/mol. The van der Waals surface area contributed by atoms with Crippen molar-refractivity contribution in [3.63, 3.8) is 0 Å². The summed E-state index contributed by atoms with van der Waals surface area (Å²) >= 11 is 0. The third kappa shape index (κ3) is 2.70. The molecule has 1 heterocycles. The van der Waals surface area contributed by atoms with Gasteiger partial charge in [0.25, 0.3) is 0 Å². The summed E-state index contributed by atoms with van der Waals surface area (Å²) in [5.41, 5.74) is 7.97. The second-order valence-corrected chi connectivity index (χ2v) is 6.56. The Morgan fingerprint density at radius 3 is 2.13 bits per heavy atom. The molecule has 0 aliphatic rings. The fourth-order valence-corrected chi connectivity index (χ4v) is 3.04. The lowest BCUT2D eigenvalue weighted by Crippen LogP contribution is -2.17. The number of aryl methyl sites for hydroxylation is 3. The lowest BCUT2D eigenvalue weighted by Gasteiger charge is -2.18. The van der Waals surface area contributed by atoms with E-state index in [4.69, 9.17) is 0 Å². The molecule has 118 valence electrons. The highest BCUT2D eigenvalue weighted by Gasteiger charge is 2.12. The van der Waals surface area contributed by atoms with Crippen LogP contribution in [0.25, 0.3) is 10.9 Å². The molecule has 2 heteroatoms. The Hall–Kier alpha value is -2.35. The minimum absolute atomic E-state index is 0.153. The van der Waals surface area contributed by atoms with Crippen molar-refractivity contribution in [2.75, 3.05) is 0 Å². The summed E-state index contributed by atoms with van der Waals surface area (Å²) in [6.45, 7) is 11.0. The molecule has 0 amide bonds. The molecule has 0 aliphatic carbocycles. The van der Waals surface area contributed by atoms with Crippen LogP contribution >= 0.6 is 0 Å². The molecule has 1 aromatic heterocycles. The molecule has 0 radical (unpaired) electrons. The first kappa shape index (κ1) is 15.5. The van der Waals surface area contributed by atoms with Gasteiger partial charge in [0.05, 0.1) is 5.52 Å². The molecule has 0 fully saturated rings. The minimum Gasteiger partial charge on any atom is -0.340 e. The molecule has 0 saturated carbocycles. The van der Waals surface area contributed by atoms with Crippen molar-refractivity contribution in [1.29, 1.82) is 0 Å². The number of fused-ring (bicyclic) bond motifs is 1. The lowest BCUT2D eigenvalue weighted by molar-refractivity contribution is 0.783. The molecule has 0 spiro atoms. The van der Waals surface area contributed by atoms with Crippen LogP contribution in [0.2, 0.25) is 0 Å². The first-order chi connectivity index (χ1) is 10.9. The molecule has 23 heavy (non-hydrogen) atoms. The van der Waals surface area contributed by atoms with E-state index in [-0.39, 0.29) is 5.43 Å². The Morgan fingerprint density at radius 1 is 0.870 bits per heavy atom. The van der Waals surface area contributed by atoms with Crippen LogP contribution in [0.5, 0.6) is 0 Å². The van der Waals surface area contributed by atoms with E-state index in [1.807, 2.05) is 19.9 Å². The normalized spacial score (nSPS) is 11.2. The second-order valence-electron chi connectivity index (χ2n) is 6.56. The van der Waals surface area contributed by atoms with E-state index in [1.165, 1.54) is 22.3 Å². The second kappa shape index (κ2) is 5.69. The number of nitrogens with zero attached hydrogens (tertiary/aromatic N) is 1. The highest BCUT2D eigenvalue weighted by atomic mass is 16.1. The van der Waals surface area contributed by atoms with Gasteiger partial charge in [0, 0.05) is 23.2 Å². The zero-order chi connectivity index (χ0) is 16.7. The molecule has 0 atom stereocenters. The van der Waals surface area contributed by atoms with Gasteiger partial charge in [0.15, 0.2) is 5.43 Å². The Bertz CT molecular complexity index is 946. The van der Waals surface area contributed by atoms with Crippen molar-refractivity contribution >= 4 is 10.9 Å². The van der Waals surface area contributed by atoms with Gasteiger partial charge in [-0.05, 0) is 63.4 Å². The van der Waals surface area contributed by atoms with Gasteiger partial charge in [-0.2, -0.15) is 0 Å². The number of pyridine rings is 1. The highest BCUT2D eigenvalue weighted by molar-refractivity contribution is 5.82. The average Bonchev–Trinajstić information content (AvgIpc) is 2.53. The molecule has 2 nitrogen and oxygen atoms in total. The number of hydrogen-bond donors (Lipinski definition) is 0. The number of hydrogen-bond acceptors (Lipinski definition) is 1. The zero-order valence-electron chi connectivity index (χ0n) is 14.5. The fraction of sp³-hybridized carbons (Fsp3) is 0.286. The SMILES string of the molecule is Cc1ccc(Cn2c(C)c(C)c(=O)c3cc(C)c(C)cc32)cc1. The van der Waals surface area contributed by atoms with E-state index in [0.29, 0.717) is 0 Å². The Labute approximate surface area is 137 Å². The summed E-state index contributed by atoms with van der Waals surface area (Å²) < 4.78 is 2.27. The van der Waals surface area contributed by atoms with Crippen LogP contribution in [0.3, 0.4) is 0 Å². The van der Waals surface area contributed by atoms with Gasteiger partial charge < -0.3 is 4.57 Å². The van der Waals surface area contributed by atoms with Gasteiger partial charge in [-0.1, -0.05) is 29.8 Å². The molecule has 0 unspecified atom stereocenters. The molecule has 0 N–H and O–H groups in total. The van der Waals surface area contributed by atoms with E-state index in [9.17, 15) is 4.79 Å². The van der Waals surface area contributed by atoms with Crippen molar-refractivity contribution in [2.45, 2.75) is 41.2 Å². The summed E-state index contributed by atoms with van der Waals surface area (Å²) in [6.07, 6.45) is 0.